The van der Waals surface area contributed by atoms with Gasteiger partial charge in [-0.15, -0.1) is 0 Å². The lowest BCUT2D eigenvalue weighted by atomic mass is 9.86. The Labute approximate surface area is 161 Å². The zero-order chi connectivity index (χ0) is 18.7. The van der Waals surface area contributed by atoms with E-state index in [0.29, 0.717) is 29.7 Å². The Morgan fingerprint density at radius 3 is 2.73 bits per heavy atom. The normalized spacial score (nSPS) is 22.3. The van der Waals surface area contributed by atoms with Crippen molar-refractivity contribution in [2.75, 3.05) is 38.2 Å². The van der Waals surface area contributed by atoms with Crippen LogP contribution in [-0.4, -0.2) is 65.8 Å². The first-order valence-corrected chi connectivity index (χ1v) is 9.99. The molecule has 140 valence electrons. The first-order valence-electron chi connectivity index (χ1n) is 8.46. The molecule has 0 unspecified atom stereocenters. The highest BCUT2D eigenvalue weighted by Gasteiger charge is 2.53. The average molecular weight is 397 g/mol. The number of amides is 3. The number of likely N-dealkylation sites (N-methyl/N-ethyl adjacent to an activating group) is 1. The number of ether oxygens (including phenoxy) is 1. The van der Waals surface area contributed by atoms with Crippen molar-refractivity contribution in [3.63, 3.8) is 0 Å². The van der Waals surface area contributed by atoms with Gasteiger partial charge in [0, 0.05) is 24.2 Å². The highest BCUT2D eigenvalue weighted by atomic mass is 35.5. The number of carbonyl (C=O) groups is 3. The number of halogens is 1. The Bertz CT molecular complexity index is 704. The zero-order valence-corrected chi connectivity index (χ0v) is 16.1. The monoisotopic (exact) mass is 396 g/mol. The molecule has 8 heteroatoms. The molecule has 0 saturated carbocycles. The van der Waals surface area contributed by atoms with Gasteiger partial charge in [-0.2, -0.15) is 11.8 Å². The van der Waals surface area contributed by atoms with Gasteiger partial charge in [-0.05, 0) is 36.4 Å². The maximum Gasteiger partial charge on any atom is 0.242 e. The second-order valence-corrected chi connectivity index (χ2v) is 8.20. The summed E-state index contributed by atoms with van der Waals surface area (Å²) < 4.78 is 5.57. The third kappa shape index (κ3) is 3.99. The summed E-state index contributed by atoms with van der Waals surface area (Å²) in [5.41, 5.74) is -0.571. The van der Waals surface area contributed by atoms with E-state index in [1.165, 1.54) is 4.90 Å². The largest absolute Gasteiger partial charge is 0.492 e. The van der Waals surface area contributed by atoms with E-state index in [-0.39, 0.29) is 30.7 Å². The van der Waals surface area contributed by atoms with Crippen molar-refractivity contribution >= 4 is 41.1 Å². The summed E-state index contributed by atoms with van der Waals surface area (Å²) in [4.78, 5) is 39.8. The van der Waals surface area contributed by atoms with Crippen LogP contribution in [0.3, 0.4) is 0 Å². The minimum atomic E-state index is -0.571. The quantitative estimate of drug-likeness (QED) is 0.688. The number of imide groups is 1. The summed E-state index contributed by atoms with van der Waals surface area (Å²) in [6, 6.07) is 6.97. The number of likely N-dealkylation sites (tertiary alicyclic amines) is 1. The number of nitrogens with zero attached hydrogens (tertiary/aromatic N) is 2. The first kappa shape index (κ1) is 19.0. The van der Waals surface area contributed by atoms with E-state index in [9.17, 15) is 14.4 Å². The lowest BCUT2D eigenvalue weighted by Gasteiger charge is -2.23. The van der Waals surface area contributed by atoms with Crippen LogP contribution in [0, 0.1) is 5.41 Å². The molecule has 2 aliphatic heterocycles. The fraction of sp³-hybridized carbons (Fsp3) is 0.500. The molecule has 1 atom stereocenters. The molecule has 6 nitrogen and oxygen atoms in total. The number of thioether (sulfide) groups is 1. The molecule has 0 aliphatic carbocycles. The Balaban J connectivity index is 1.48. The van der Waals surface area contributed by atoms with Crippen molar-refractivity contribution in [3.8, 4) is 5.75 Å². The maximum atomic E-state index is 12.6. The number of hydrogen-bond donors (Lipinski definition) is 0. The minimum Gasteiger partial charge on any atom is -0.492 e. The second kappa shape index (κ2) is 7.88. The fourth-order valence-electron chi connectivity index (χ4n) is 3.15. The van der Waals surface area contributed by atoms with E-state index in [1.807, 2.05) is 0 Å². The molecule has 2 heterocycles. The van der Waals surface area contributed by atoms with Crippen LogP contribution in [-0.2, 0) is 14.4 Å². The highest BCUT2D eigenvalue weighted by molar-refractivity contribution is 7.99. The van der Waals surface area contributed by atoms with Gasteiger partial charge >= 0.3 is 0 Å². The van der Waals surface area contributed by atoms with E-state index < -0.39 is 5.41 Å². The second-order valence-electron chi connectivity index (χ2n) is 6.66. The smallest absolute Gasteiger partial charge is 0.242 e. The Kier molecular flexibility index (Phi) is 5.77. The van der Waals surface area contributed by atoms with E-state index in [0.717, 1.165) is 17.1 Å². The summed E-state index contributed by atoms with van der Waals surface area (Å²) in [5.74, 6) is 1.54. The molecule has 2 aliphatic rings. The fourth-order valence-corrected chi connectivity index (χ4v) is 4.71. The summed E-state index contributed by atoms with van der Waals surface area (Å²) in [6.45, 7) is 0.479. The maximum absolute atomic E-state index is 12.6. The zero-order valence-electron chi connectivity index (χ0n) is 14.6. The molecule has 2 fully saturated rings. The topological polar surface area (TPSA) is 66.9 Å². The molecular formula is C18H21ClN2O4S. The number of hydrogen-bond acceptors (Lipinski definition) is 5. The molecule has 0 bridgehead atoms. The van der Waals surface area contributed by atoms with Crippen LogP contribution in [0.5, 0.6) is 5.75 Å². The molecule has 0 radical (unpaired) electrons. The van der Waals surface area contributed by atoms with Gasteiger partial charge in [0.05, 0.1) is 12.0 Å². The molecule has 3 amide bonds. The summed E-state index contributed by atoms with van der Waals surface area (Å²) >= 11 is 7.51. The van der Waals surface area contributed by atoms with Crippen molar-refractivity contribution in [1.29, 1.82) is 0 Å². The van der Waals surface area contributed by atoms with Gasteiger partial charge in [-0.3, -0.25) is 19.3 Å². The molecule has 0 aromatic heterocycles. The highest BCUT2D eigenvalue weighted by Crippen LogP contribution is 2.44. The number of benzene rings is 1. The number of carbonyl (C=O) groups excluding carboxylic acids is 3. The standard InChI is InChI=1S/C18H21ClN2O4S/c1-20(7-8-25-14-4-2-13(19)3-5-14)16(23)11-21-15(22)10-18(17(21)24)6-9-26-12-18/h2-5H,6-12H2,1H3/t18-/m1/s1. The van der Waals surface area contributed by atoms with Gasteiger partial charge in [0.1, 0.15) is 18.9 Å². The van der Waals surface area contributed by atoms with E-state index in [2.05, 4.69) is 0 Å². The van der Waals surface area contributed by atoms with Crippen LogP contribution in [0.15, 0.2) is 24.3 Å². The van der Waals surface area contributed by atoms with E-state index >= 15 is 0 Å². The average Bonchev–Trinajstić information content (AvgIpc) is 3.17. The van der Waals surface area contributed by atoms with Gasteiger partial charge < -0.3 is 9.64 Å². The summed E-state index contributed by atoms with van der Waals surface area (Å²) in [7, 11) is 1.64. The van der Waals surface area contributed by atoms with Crippen LogP contribution >= 0.6 is 23.4 Å². The van der Waals surface area contributed by atoms with E-state index in [1.54, 1.807) is 43.1 Å². The molecule has 2 saturated heterocycles. The van der Waals surface area contributed by atoms with Crippen LogP contribution in [0.4, 0.5) is 0 Å². The van der Waals surface area contributed by atoms with Crippen LogP contribution < -0.4 is 4.74 Å². The Hall–Kier alpha value is -1.73. The van der Waals surface area contributed by atoms with E-state index in [4.69, 9.17) is 16.3 Å². The third-order valence-corrected chi connectivity index (χ3v) is 6.32. The lowest BCUT2D eigenvalue weighted by Crippen LogP contribution is -2.44. The third-order valence-electron chi connectivity index (χ3n) is 4.82. The van der Waals surface area contributed by atoms with Crippen LogP contribution in [0.25, 0.3) is 0 Å². The molecule has 26 heavy (non-hydrogen) atoms. The molecule has 3 rings (SSSR count). The van der Waals surface area contributed by atoms with Gasteiger partial charge in [0.25, 0.3) is 0 Å². The molecule has 1 spiro atoms. The SMILES string of the molecule is CN(CCOc1ccc(Cl)cc1)C(=O)CN1C(=O)C[C@@]2(CCSC2)C1=O. The predicted molar refractivity (Wildman–Crippen MR) is 100 cm³/mol. The van der Waals surface area contributed by atoms with Crippen LogP contribution in [0.1, 0.15) is 12.8 Å². The predicted octanol–water partition coefficient (Wildman–Crippen LogP) is 2.06. The first-order chi connectivity index (χ1) is 12.4. The number of rotatable bonds is 6. The molecule has 0 N–H and O–H groups in total. The molecular weight excluding hydrogens is 376 g/mol. The van der Waals surface area contributed by atoms with Crippen molar-refractivity contribution in [2.45, 2.75) is 12.8 Å². The van der Waals surface area contributed by atoms with Crippen molar-refractivity contribution in [2.24, 2.45) is 5.41 Å². The van der Waals surface area contributed by atoms with Crippen LogP contribution in [0.2, 0.25) is 5.02 Å². The van der Waals surface area contributed by atoms with Crippen molar-refractivity contribution < 1.29 is 19.1 Å². The summed E-state index contributed by atoms with van der Waals surface area (Å²) in [6.07, 6.45) is 0.952. The Morgan fingerprint density at radius 1 is 1.35 bits per heavy atom. The minimum absolute atomic E-state index is 0.188. The lowest BCUT2D eigenvalue weighted by molar-refractivity contribution is -0.146. The Morgan fingerprint density at radius 2 is 2.08 bits per heavy atom. The van der Waals surface area contributed by atoms with Gasteiger partial charge in [-0.25, -0.2) is 0 Å². The van der Waals surface area contributed by atoms with Gasteiger partial charge in [0.2, 0.25) is 17.7 Å². The van der Waals surface area contributed by atoms with Gasteiger partial charge in [0.15, 0.2) is 0 Å². The molecule has 1 aromatic rings. The van der Waals surface area contributed by atoms with Gasteiger partial charge in [-0.1, -0.05) is 11.6 Å². The van der Waals surface area contributed by atoms with Crippen molar-refractivity contribution in [1.82, 2.24) is 9.80 Å². The van der Waals surface area contributed by atoms with Crippen molar-refractivity contribution in [3.05, 3.63) is 29.3 Å². The summed E-state index contributed by atoms with van der Waals surface area (Å²) in [5, 5.41) is 0.628. The molecule has 1 aromatic carbocycles.